The third-order valence-corrected chi connectivity index (χ3v) is 4.30. The van der Waals surface area contributed by atoms with E-state index >= 15 is 0 Å². The summed E-state index contributed by atoms with van der Waals surface area (Å²) in [7, 11) is 0. The Hall–Kier alpha value is -2.06. The third kappa shape index (κ3) is 1.71. The quantitative estimate of drug-likeness (QED) is 0.786. The summed E-state index contributed by atoms with van der Waals surface area (Å²) >= 11 is 0. The number of benzene rings is 1. The summed E-state index contributed by atoms with van der Waals surface area (Å²) in [5.41, 5.74) is 3.30. The van der Waals surface area contributed by atoms with E-state index in [0.717, 1.165) is 12.8 Å². The Labute approximate surface area is 107 Å². The highest BCUT2D eigenvalue weighted by Crippen LogP contribution is 2.48. The number of allylic oxidation sites excluding steroid dienone is 2. The standard InChI is InChI=1S/C16H14N2/c17-9-11-1-3-12(4-2-11)14-7-15(8-14)16-6-5-13(16)10-18/h1-4,7,13,15-16H,5-6,8H2/t13?,15-,16+/m1/s1. The molecule has 0 bridgehead atoms. The minimum absolute atomic E-state index is 0.286. The van der Waals surface area contributed by atoms with E-state index in [4.69, 9.17) is 10.5 Å². The molecule has 0 heterocycles. The van der Waals surface area contributed by atoms with Crippen molar-refractivity contribution < 1.29 is 0 Å². The van der Waals surface area contributed by atoms with Crippen LogP contribution in [0.25, 0.3) is 5.57 Å². The second-order valence-electron chi connectivity index (χ2n) is 5.23. The molecule has 3 atom stereocenters. The lowest BCUT2D eigenvalue weighted by molar-refractivity contribution is 0.170. The first-order valence-corrected chi connectivity index (χ1v) is 6.42. The lowest BCUT2D eigenvalue weighted by Crippen LogP contribution is -2.33. The summed E-state index contributed by atoms with van der Waals surface area (Å²) in [5.74, 6) is 1.49. The Morgan fingerprint density at radius 1 is 1.06 bits per heavy atom. The van der Waals surface area contributed by atoms with Crippen molar-refractivity contribution in [3.63, 3.8) is 0 Å². The van der Waals surface area contributed by atoms with E-state index in [0.29, 0.717) is 17.4 Å². The van der Waals surface area contributed by atoms with Crippen LogP contribution in [0.4, 0.5) is 0 Å². The molecule has 1 unspecified atom stereocenters. The summed E-state index contributed by atoms with van der Waals surface area (Å²) in [6, 6.07) is 12.3. The molecule has 1 fully saturated rings. The van der Waals surface area contributed by atoms with E-state index in [-0.39, 0.29) is 5.92 Å². The fraction of sp³-hybridized carbons (Fsp3) is 0.375. The molecule has 1 aromatic rings. The second kappa shape index (κ2) is 4.31. The molecule has 1 aromatic carbocycles. The predicted molar refractivity (Wildman–Crippen MR) is 69.1 cm³/mol. The van der Waals surface area contributed by atoms with E-state index in [1.807, 2.05) is 24.3 Å². The van der Waals surface area contributed by atoms with E-state index in [2.05, 4.69) is 18.2 Å². The minimum atomic E-state index is 0.286. The first-order valence-electron chi connectivity index (χ1n) is 6.42. The molecule has 0 aromatic heterocycles. The Kier molecular flexibility index (Phi) is 2.65. The Morgan fingerprint density at radius 3 is 2.28 bits per heavy atom. The zero-order valence-electron chi connectivity index (χ0n) is 10.1. The van der Waals surface area contributed by atoms with Crippen LogP contribution in [0.2, 0.25) is 0 Å². The van der Waals surface area contributed by atoms with Gasteiger partial charge in [0.1, 0.15) is 0 Å². The molecular formula is C16H14N2. The van der Waals surface area contributed by atoms with Gasteiger partial charge in [-0.15, -0.1) is 0 Å². The first-order chi connectivity index (χ1) is 8.81. The summed E-state index contributed by atoms with van der Waals surface area (Å²) in [4.78, 5) is 0. The van der Waals surface area contributed by atoms with Gasteiger partial charge < -0.3 is 0 Å². The molecule has 0 aliphatic heterocycles. The van der Waals surface area contributed by atoms with Crippen molar-refractivity contribution in [3.05, 3.63) is 41.5 Å². The van der Waals surface area contributed by atoms with E-state index in [9.17, 15) is 0 Å². The highest BCUT2D eigenvalue weighted by atomic mass is 14.4. The Bertz CT molecular complexity index is 569. The van der Waals surface area contributed by atoms with Gasteiger partial charge in [0.05, 0.1) is 17.7 Å². The van der Waals surface area contributed by atoms with E-state index in [1.54, 1.807) is 0 Å². The monoisotopic (exact) mass is 234 g/mol. The zero-order chi connectivity index (χ0) is 12.5. The summed E-state index contributed by atoms with van der Waals surface area (Å²) in [6.45, 7) is 0. The second-order valence-corrected chi connectivity index (χ2v) is 5.23. The molecule has 1 saturated carbocycles. The van der Waals surface area contributed by atoms with Gasteiger partial charge >= 0.3 is 0 Å². The van der Waals surface area contributed by atoms with Crippen LogP contribution >= 0.6 is 0 Å². The molecule has 88 valence electrons. The fourth-order valence-corrected chi connectivity index (χ4v) is 2.93. The predicted octanol–water partition coefficient (Wildman–Crippen LogP) is 3.51. The van der Waals surface area contributed by atoms with Crippen LogP contribution in [0.3, 0.4) is 0 Å². The minimum Gasteiger partial charge on any atom is -0.198 e. The van der Waals surface area contributed by atoms with Crippen LogP contribution in [0, 0.1) is 40.4 Å². The van der Waals surface area contributed by atoms with Gasteiger partial charge in [0.2, 0.25) is 0 Å². The number of rotatable bonds is 2. The molecule has 3 rings (SSSR count). The van der Waals surface area contributed by atoms with Crippen LogP contribution in [0.1, 0.15) is 30.4 Å². The number of nitrogens with zero attached hydrogens (tertiary/aromatic N) is 2. The molecule has 2 aliphatic rings. The van der Waals surface area contributed by atoms with Crippen molar-refractivity contribution in [1.82, 2.24) is 0 Å². The van der Waals surface area contributed by atoms with Gasteiger partial charge in [-0.1, -0.05) is 18.2 Å². The van der Waals surface area contributed by atoms with Crippen molar-refractivity contribution >= 4 is 5.57 Å². The van der Waals surface area contributed by atoms with E-state index in [1.165, 1.54) is 17.6 Å². The summed E-state index contributed by atoms with van der Waals surface area (Å²) in [5, 5.41) is 17.7. The molecule has 0 saturated heterocycles. The average Bonchev–Trinajstić information content (AvgIpc) is 2.32. The maximum Gasteiger partial charge on any atom is 0.0991 e. The van der Waals surface area contributed by atoms with E-state index < -0.39 is 0 Å². The Balaban J connectivity index is 1.70. The molecular weight excluding hydrogens is 220 g/mol. The van der Waals surface area contributed by atoms with Gasteiger partial charge in [0, 0.05) is 5.92 Å². The first kappa shape index (κ1) is 11.1. The topological polar surface area (TPSA) is 47.6 Å². The smallest absolute Gasteiger partial charge is 0.0991 e. The summed E-state index contributed by atoms with van der Waals surface area (Å²) < 4.78 is 0. The average molecular weight is 234 g/mol. The lowest BCUT2D eigenvalue weighted by Gasteiger charge is -2.41. The van der Waals surface area contributed by atoms with Crippen LogP contribution in [-0.2, 0) is 0 Å². The maximum absolute atomic E-state index is 8.96. The molecule has 18 heavy (non-hydrogen) atoms. The molecule has 0 amide bonds. The van der Waals surface area contributed by atoms with Crippen molar-refractivity contribution in [1.29, 1.82) is 10.5 Å². The van der Waals surface area contributed by atoms with Gasteiger partial charge in [0.25, 0.3) is 0 Å². The van der Waals surface area contributed by atoms with Crippen molar-refractivity contribution in [2.45, 2.75) is 19.3 Å². The van der Waals surface area contributed by atoms with Crippen molar-refractivity contribution in [3.8, 4) is 12.1 Å². The molecule has 0 spiro atoms. The van der Waals surface area contributed by atoms with Crippen LogP contribution < -0.4 is 0 Å². The molecule has 0 radical (unpaired) electrons. The van der Waals surface area contributed by atoms with Crippen LogP contribution in [0.5, 0.6) is 0 Å². The van der Waals surface area contributed by atoms with Crippen LogP contribution in [0.15, 0.2) is 30.3 Å². The largest absolute Gasteiger partial charge is 0.198 e. The lowest BCUT2D eigenvalue weighted by atomic mass is 9.62. The zero-order valence-corrected chi connectivity index (χ0v) is 10.1. The maximum atomic E-state index is 8.96. The van der Waals surface area contributed by atoms with Gasteiger partial charge in [-0.2, -0.15) is 10.5 Å². The molecule has 0 N–H and O–H groups in total. The van der Waals surface area contributed by atoms with Gasteiger partial charge in [-0.05, 0) is 54.4 Å². The van der Waals surface area contributed by atoms with Gasteiger partial charge in [-0.25, -0.2) is 0 Å². The summed E-state index contributed by atoms with van der Waals surface area (Å²) in [6.07, 6.45) is 5.70. The van der Waals surface area contributed by atoms with Gasteiger partial charge in [-0.3, -0.25) is 0 Å². The highest BCUT2D eigenvalue weighted by molar-refractivity contribution is 5.71. The fourth-order valence-electron chi connectivity index (χ4n) is 2.93. The third-order valence-electron chi connectivity index (χ3n) is 4.30. The Morgan fingerprint density at radius 2 is 1.78 bits per heavy atom. The van der Waals surface area contributed by atoms with Crippen LogP contribution in [-0.4, -0.2) is 0 Å². The SMILES string of the molecule is N#Cc1ccc(C2=C[C@@H]([C@H]3CCC3C#N)C2)cc1. The molecule has 2 nitrogen and oxygen atoms in total. The molecule has 2 heteroatoms. The number of nitriles is 2. The van der Waals surface area contributed by atoms with Crippen molar-refractivity contribution in [2.75, 3.05) is 0 Å². The number of hydrogen-bond donors (Lipinski definition) is 0. The van der Waals surface area contributed by atoms with Gasteiger partial charge in [0.15, 0.2) is 0 Å². The molecule has 2 aliphatic carbocycles. The van der Waals surface area contributed by atoms with Crippen molar-refractivity contribution in [2.24, 2.45) is 17.8 Å². The number of hydrogen-bond acceptors (Lipinski definition) is 2. The normalized spacial score (nSPS) is 29.2. The highest BCUT2D eigenvalue weighted by Gasteiger charge is 2.39.